The first-order chi connectivity index (χ1) is 8.41. The van der Waals surface area contributed by atoms with Crippen molar-refractivity contribution >= 4 is 23.1 Å². The van der Waals surface area contributed by atoms with E-state index in [0.717, 1.165) is 0 Å². The van der Waals surface area contributed by atoms with Gasteiger partial charge < -0.3 is 5.73 Å². The zero-order chi connectivity index (χ0) is 13.4. The molecule has 0 spiro atoms. The Hall–Kier alpha value is -2.15. The Morgan fingerprint density at radius 2 is 2.11 bits per heavy atom. The third-order valence-electron chi connectivity index (χ3n) is 2.48. The molecule has 0 amide bonds. The highest BCUT2D eigenvalue weighted by Crippen LogP contribution is 2.27. The monoisotopic (exact) mass is 267 g/mol. The van der Waals surface area contributed by atoms with Crippen molar-refractivity contribution in [2.24, 2.45) is 0 Å². The summed E-state index contributed by atoms with van der Waals surface area (Å²) in [7, 11) is 0. The van der Waals surface area contributed by atoms with Crippen molar-refractivity contribution in [3.05, 3.63) is 38.7 Å². The number of hydrogen-bond donors (Lipinski definition) is 1. The molecular formula is C10H10ClN5O2. The van der Waals surface area contributed by atoms with Gasteiger partial charge >= 0.3 is 5.69 Å². The van der Waals surface area contributed by atoms with E-state index in [0.29, 0.717) is 16.4 Å². The fourth-order valence-electron chi connectivity index (χ4n) is 1.58. The number of rotatable bonds is 2. The van der Waals surface area contributed by atoms with Crippen LogP contribution in [0.2, 0.25) is 5.02 Å². The molecule has 2 rings (SSSR count). The van der Waals surface area contributed by atoms with Gasteiger partial charge in [0.15, 0.2) is 0 Å². The van der Waals surface area contributed by atoms with E-state index in [1.54, 1.807) is 13.8 Å². The van der Waals surface area contributed by atoms with Crippen LogP contribution in [0.1, 0.15) is 11.4 Å². The average molecular weight is 268 g/mol. The van der Waals surface area contributed by atoms with E-state index in [9.17, 15) is 10.1 Å². The van der Waals surface area contributed by atoms with Crippen LogP contribution in [-0.4, -0.2) is 19.7 Å². The molecule has 0 radical (unpaired) electrons. The minimum atomic E-state index is -0.536. The molecule has 0 aliphatic carbocycles. The van der Waals surface area contributed by atoms with Crippen molar-refractivity contribution < 1.29 is 4.92 Å². The number of pyridine rings is 1. The fraction of sp³-hybridized carbons (Fsp3) is 0.200. The van der Waals surface area contributed by atoms with E-state index in [2.05, 4.69) is 10.1 Å². The summed E-state index contributed by atoms with van der Waals surface area (Å²) < 4.78 is 1.33. The fourth-order valence-corrected chi connectivity index (χ4v) is 1.70. The van der Waals surface area contributed by atoms with Gasteiger partial charge in [-0.05, 0) is 19.9 Å². The van der Waals surface area contributed by atoms with Crippen LogP contribution in [0.25, 0.3) is 5.82 Å². The smallest absolute Gasteiger partial charge is 0.313 e. The SMILES string of the molecule is Cc1nn(-c2nc(N)ccc2[N+](=O)[O-])c(C)c1Cl. The van der Waals surface area contributed by atoms with Gasteiger partial charge in [-0.2, -0.15) is 5.10 Å². The largest absolute Gasteiger partial charge is 0.384 e. The van der Waals surface area contributed by atoms with Crippen LogP contribution in [0.15, 0.2) is 12.1 Å². The summed E-state index contributed by atoms with van der Waals surface area (Å²) in [6.45, 7) is 3.42. The van der Waals surface area contributed by atoms with Crippen LogP contribution in [0.5, 0.6) is 0 Å². The first-order valence-electron chi connectivity index (χ1n) is 5.05. The number of anilines is 1. The maximum Gasteiger partial charge on any atom is 0.313 e. The lowest BCUT2D eigenvalue weighted by Crippen LogP contribution is -2.07. The lowest BCUT2D eigenvalue weighted by atomic mass is 10.3. The summed E-state index contributed by atoms with van der Waals surface area (Å²) in [4.78, 5) is 14.4. The quantitative estimate of drug-likeness (QED) is 0.663. The minimum absolute atomic E-state index is 0.0625. The lowest BCUT2D eigenvalue weighted by Gasteiger charge is -2.05. The molecule has 0 saturated carbocycles. The number of nitrogen functional groups attached to an aromatic ring is 1. The van der Waals surface area contributed by atoms with Gasteiger partial charge in [0.1, 0.15) is 5.82 Å². The van der Waals surface area contributed by atoms with E-state index < -0.39 is 4.92 Å². The molecule has 0 unspecified atom stereocenters. The summed E-state index contributed by atoms with van der Waals surface area (Å²) in [5, 5.41) is 15.5. The first-order valence-corrected chi connectivity index (χ1v) is 5.42. The maximum absolute atomic E-state index is 11.0. The van der Waals surface area contributed by atoms with Gasteiger partial charge in [-0.3, -0.25) is 10.1 Å². The molecule has 0 aromatic carbocycles. The van der Waals surface area contributed by atoms with Crippen molar-refractivity contribution in [2.75, 3.05) is 5.73 Å². The van der Waals surface area contributed by atoms with E-state index in [4.69, 9.17) is 17.3 Å². The molecule has 2 aromatic rings. The average Bonchev–Trinajstić information content (AvgIpc) is 2.56. The molecule has 2 N–H and O–H groups in total. The van der Waals surface area contributed by atoms with Crippen LogP contribution in [0, 0.1) is 24.0 Å². The molecule has 2 heterocycles. The molecule has 0 aliphatic heterocycles. The third-order valence-corrected chi connectivity index (χ3v) is 3.02. The summed E-state index contributed by atoms with van der Waals surface area (Å²) in [6, 6.07) is 2.66. The third kappa shape index (κ3) is 1.88. The van der Waals surface area contributed by atoms with E-state index in [1.165, 1.54) is 16.8 Å². The molecule has 8 heteroatoms. The molecule has 7 nitrogen and oxygen atoms in total. The first kappa shape index (κ1) is 12.3. The molecular weight excluding hydrogens is 258 g/mol. The van der Waals surface area contributed by atoms with Crippen molar-refractivity contribution in [3.63, 3.8) is 0 Å². The molecule has 94 valence electrons. The second-order valence-corrected chi connectivity index (χ2v) is 4.11. The van der Waals surface area contributed by atoms with Gasteiger partial charge in [0.25, 0.3) is 0 Å². The lowest BCUT2D eigenvalue weighted by molar-refractivity contribution is -0.384. The van der Waals surface area contributed by atoms with Crippen LogP contribution >= 0.6 is 11.6 Å². The van der Waals surface area contributed by atoms with Gasteiger partial charge in [-0.25, -0.2) is 9.67 Å². The maximum atomic E-state index is 11.0. The van der Waals surface area contributed by atoms with Crippen LogP contribution < -0.4 is 5.73 Å². The summed E-state index contributed by atoms with van der Waals surface area (Å²) in [5.74, 6) is 0.242. The van der Waals surface area contributed by atoms with Gasteiger partial charge in [0, 0.05) is 6.07 Å². The predicted octanol–water partition coefficient (Wildman–Crippen LogP) is 2.03. The second kappa shape index (κ2) is 4.26. The number of hydrogen-bond acceptors (Lipinski definition) is 5. The van der Waals surface area contributed by atoms with Crippen molar-refractivity contribution in [1.29, 1.82) is 0 Å². The van der Waals surface area contributed by atoms with Gasteiger partial charge in [0.05, 0.1) is 21.3 Å². The highest BCUT2D eigenvalue weighted by Gasteiger charge is 2.21. The van der Waals surface area contributed by atoms with Crippen molar-refractivity contribution in [1.82, 2.24) is 14.8 Å². The van der Waals surface area contributed by atoms with Gasteiger partial charge in [-0.15, -0.1) is 0 Å². The normalized spacial score (nSPS) is 10.6. The molecule has 2 aromatic heterocycles. The Bertz CT molecular complexity index is 637. The second-order valence-electron chi connectivity index (χ2n) is 3.73. The Balaban J connectivity index is 2.73. The van der Waals surface area contributed by atoms with Crippen molar-refractivity contribution in [2.45, 2.75) is 13.8 Å². The number of aryl methyl sites for hydroxylation is 1. The summed E-state index contributed by atoms with van der Waals surface area (Å²) in [6.07, 6.45) is 0. The number of halogens is 1. The van der Waals surface area contributed by atoms with Crippen molar-refractivity contribution in [3.8, 4) is 5.82 Å². The Morgan fingerprint density at radius 1 is 1.44 bits per heavy atom. The van der Waals surface area contributed by atoms with Crippen LogP contribution in [0.3, 0.4) is 0 Å². The number of nitrogens with zero attached hydrogens (tertiary/aromatic N) is 4. The highest BCUT2D eigenvalue weighted by atomic mass is 35.5. The minimum Gasteiger partial charge on any atom is -0.384 e. The molecule has 0 bridgehead atoms. The van der Waals surface area contributed by atoms with Gasteiger partial charge in [-0.1, -0.05) is 11.6 Å². The molecule has 18 heavy (non-hydrogen) atoms. The molecule has 0 aliphatic rings. The van der Waals surface area contributed by atoms with Crippen LogP contribution in [0.4, 0.5) is 11.5 Å². The topological polar surface area (TPSA) is 99.9 Å². The number of nitrogens with two attached hydrogens (primary N) is 1. The van der Waals surface area contributed by atoms with E-state index >= 15 is 0 Å². The Morgan fingerprint density at radius 3 is 2.61 bits per heavy atom. The Labute approximate surface area is 107 Å². The number of aromatic nitrogens is 3. The zero-order valence-corrected chi connectivity index (χ0v) is 10.5. The predicted molar refractivity (Wildman–Crippen MR) is 66.9 cm³/mol. The standard InChI is InChI=1S/C10H10ClN5O2/c1-5-9(11)6(2)15(14-5)10-7(16(17)18)3-4-8(12)13-10/h3-4H,1-2H3,(H2,12,13). The Kier molecular flexibility index (Phi) is 2.92. The van der Waals surface area contributed by atoms with Crippen LogP contribution in [-0.2, 0) is 0 Å². The molecule has 0 atom stereocenters. The van der Waals surface area contributed by atoms with Gasteiger partial charge in [0.2, 0.25) is 5.82 Å². The van der Waals surface area contributed by atoms with E-state index in [1.807, 2.05) is 0 Å². The molecule has 0 fully saturated rings. The zero-order valence-electron chi connectivity index (χ0n) is 9.72. The summed E-state index contributed by atoms with van der Waals surface area (Å²) in [5.41, 5.74) is 6.53. The van der Waals surface area contributed by atoms with E-state index in [-0.39, 0.29) is 17.3 Å². The highest BCUT2D eigenvalue weighted by molar-refractivity contribution is 6.31. The summed E-state index contributed by atoms with van der Waals surface area (Å²) >= 11 is 6.01. The number of nitro groups is 1. The molecule has 0 saturated heterocycles.